The first-order chi connectivity index (χ1) is 9.65. The number of ether oxygens (including phenoxy) is 3. The smallest absolute Gasteiger partial charge is 0.377 e. The number of amides is 1. The van der Waals surface area contributed by atoms with Gasteiger partial charge in [0.25, 0.3) is 5.91 Å². The number of hydrogen-bond donors (Lipinski definition) is 1. The Kier molecular flexibility index (Phi) is 4.45. The molecule has 2 aliphatic rings. The summed E-state index contributed by atoms with van der Waals surface area (Å²) in [5.41, 5.74) is -0.812. The first-order valence-corrected chi connectivity index (χ1v) is 6.49. The normalized spacial score (nSPS) is 19.9. The van der Waals surface area contributed by atoms with Crippen molar-refractivity contribution in [2.24, 2.45) is 0 Å². The topological polar surface area (TPSA) is 97.7 Å². The number of rotatable bonds is 4. The molecule has 0 unspecified atom stereocenters. The molecule has 0 bridgehead atoms. The van der Waals surface area contributed by atoms with E-state index in [0.717, 1.165) is 19.1 Å². The summed E-state index contributed by atoms with van der Waals surface area (Å²) in [5.74, 6) is -1.30. The molecule has 1 heterocycles. The maximum absolute atomic E-state index is 11.7. The molecule has 7 heteroatoms. The van der Waals surface area contributed by atoms with Crippen LogP contribution in [0.1, 0.15) is 25.7 Å². The van der Waals surface area contributed by atoms with Gasteiger partial charge < -0.3 is 19.5 Å². The fraction of sp³-hybridized carbons (Fsp3) is 0.615. The molecular weight excluding hydrogens is 264 g/mol. The van der Waals surface area contributed by atoms with Gasteiger partial charge in [-0.15, -0.1) is 0 Å². The lowest BCUT2D eigenvalue weighted by atomic mass is 10.00. The zero-order valence-corrected chi connectivity index (χ0v) is 11.0. The van der Waals surface area contributed by atoms with E-state index in [4.69, 9.17) is 19.5 Å². The van der Waals surface area contributed by atoms with Crippen LogP contribution >= 0.6 is 0 Å². The summed E-state index contributed by atoms with van der Waals surface area (Å²) in [6.07, 6.45) is 4.24. The summed E-state index contributed by atoms with van der Waals surface area (Å²) in [5, 5.41) is 11.8. The molecule has 1 aliphatic heterocycles. The lowest BCUT2D eigenvalue weighted by Gasteiger charge is -2.21. The Morgan fingerprint density at radius 3 is 2.75 bits per heavy atom. The quantitative estimate of drug-likeness (QED) is 0.747. The summed E-state index contributed by atoms with van der Waals surface area (Å²) >= 11 is 0. The first kappa shape index (κ1) is 14.2. The van der Waals surface area contributed by atoms with Gasteiger partial charge in [0, 0.05) is 0 Å². The van der Waals surface area contributed by atoms with Gasteiger partial charge in [-0.05, 0) is 25.7 Å². The standard InChI is InChI=1S/C13H16N2O5/c14-9-13(3-1-2-4-13)15-11(16)8-20-12(17)10-7-18-5-6-19-10/h7H,1-6,8H2,(H,15,16). The van der Waals surface area contributed by atoms with Gasteiger partial charge in [-0.3, -0.25) is 4.79 Å². The van der Waals surface area contributed by atoms with Gasteiger partial charge in [-0.25, -0.2) is 4.79 Å². The Bertz CT molecular complexity index is 460. The molecule has 108 valence electrons. The van der Waals surface area contributed by atoms with Crippen LogP contribution in [0.3, 0.4) is 0 Å². The molecule has 0 spiro atoms. The minimum atomic E-state index is -0.812. The van der Waals surface area contributed by atoms with Crippen molar-refractivity contribution in [2.45, 2.75) is 31.2 Å². The predicted octanol–water partition coefficient (Wildman–Crippen LogP) is 0.370. The van der Waals surface area contributed by atoms with E-state index >= 15 is 0 Å². The van der Waals surface area contributed by atoms with E-state index in [-0.39, 0.29) is 12.4 Å². The summed E-state index contributed by atoms with van der Waals surface area (Å²) < 4.78 is 14.8. The van der Waals surface area contributed by atoms with Crippen LogP contribution in [0.25, 0.3) is 0 Å². The summed E-state index contributed by atoms with van der Waals surface area (Å²) in [6, 6.07) is 2.13. The molecule has 20 heavy (non-hydrogen) atoms. The molecule has 0 aromatic rings. The molecule has 0 aromatic carbocycles. The Balaban J connectivity index is 1.79. The van der Waals surface area contributed by atoms with E-state index in [9.17, 15) is 9.59 Å². The second kappa shape index (κ2) is 6.28. The summed E-state index contributed by atoms with van der Waals surface area (Å²) in [6.45, 7) is 0.204. The van der Waals surface area contributed by atoms with Gasteiger partial charge in [-0.2, -0.15) is 5.26 Å². The molecule has 7 nitrogen and oxygen atoms in total. The van der Waals surface area contributed by atoms with Crippen molar-refractivity contribution in [3.05, 3.63) is 12.0 Å². The average molecular weight is 280 g/mol. The second-order valence-corrected chi connectivity index (χ2v) is 4.73. The van der Waals surface area contributed by atoms with E-state index in [1.807, 2.05) is 0 Å². The van der Waals surface area contributed by atoms with Crippen molar-refractivity contribution < 1.29 is 23.8 Å². The van der Waals surface area contributed by atoms with Crippen LogP contribution in [0, 0.1) is 11.3 Å². The Hall–Kier alpha value is -2.23. The number of carbonyl (C=O) groups excluding carboxylic acids is 2. The lowest BCUT2D eigenvalue weighted by molar-refractivity contribution is -0.149. The molecule has 1 aliphatic carbocycles. The Morgan fingerprint density at radius 2 is 2.15 bits per heavy atom. The highest BCUT2D eigenvalue weighted by Gasteiger charge is 2.35. The van der Waals surface area contributed by atoms with Crippen molar-refractivity contribution >= 4 is 11.9 Å². The van der Waals surface area contributed by atoms with Crippen molar-refractivity contribution in [3.8, 4) is 6.07 Å². The molecule has 0 radical (unpaired) electrons. The maximum Gasteiger partial charge on any atom is 0.377 e. The van der Waals surface area contributed by atoms with Crippen molar-refractivity contribution in [2.75, 3.05) is 19.8 Å². The van der Waals surface area contributed by atoms with Crippen LogP contribution in [0.4, 0.5) is 0 Å². The highest BCUT2D eigenvalue weighted by molar-refractivity contribution is 5.88. The largest absolute Gasteiger partial charge is 0.493 e. The van der Waals surface area contributed by atoms with Gasteiger partial charge in [0.1, 0.15) is 25.0 Å². The van der Waals surface area contributed by atoms with Gasteiger partial charge in [0.2, 0.25) is 5.76 Å². The highest BCUT2D eigenvalue weighted by atomic mass is 16.6. The second-order valence-electron chi connectivity index (χ2n) is 4.73. The minimum Gasteiger partial charge on any atom is -0.493 e. The SMILES string of the molecule is N#CC1(NC(=O)COC(=O)C2=COCCO2)CCCC1. The van der Waals surface area contributed by atoms with Crippen LogP contribution in [-0.2, 0) is 23.8 Å². The fourth-order valence-electron chi connectivity index (χ4n) is 2.22. The van der Waals surface area contributed by atoms with Gasteiger partial charge in [0.15, 0.2) is 6.61 Å². The average Bonchev–Trinajstić information content (AvgIpc) is 2.95. The van der Waals surface area contributed by atoms with E-state index < -0.39 is 24.0 Å². The molecule has 0 aromatic heterocycles. The molecule has 1 amide bonds. The van der Waals surface area contributed by atoms with Gasteiger partial charge in [-0.1, -0.05) is 0 Å². The molecule has 1 fully saturated rings. The van der Waals surface area contributed by atoms with Crippen LogP contribution in [0.5, 0.6) is 0 Å². The Labute approximate surface area is 116 Å². The lowest BCUT2D eigenvalue weighted by Crippen LogP contribution is -2.46. The third kappa shape index (κ3) is 3.41. The number of nitrogens with one attached hydrogen (secondary N) is 1. The highest BCUT2D eigenvalue weighted by Crippen LogP contribution is 2.28. The molecule has 1 N–H and O–H groups in total. The molecular formula is C13H16N2O5. The number of hydrogen-bond acceptors (Lipinski definition) is 6. The van der Waals surface area contributed by atoms with Crippen LogP contribution in [-0.4, -0.2) is 37.2 Å². The summed E-state index contributed by atoms with van der Waals surface area (Å²) in [4.78, 5) is 23.3. The zero-order valence-electron chi connectivity index (χ0n) is 11.0. The molecule has 0 atom stereocenters. The zero-order chi connectivity index (χ0) is 14.4. The van der Waals surface area contributed by atoms with E-state index in [1.165, 1.54) is 0 Å². The van der Waals surface area contributed by atoms with E-state index in [2.05, 4.69) is 11.4 Å². The monoisotopic (exact) mass is 280 g/mol. The molecule has 0 saturated heterocycles. The molecule has 2 rings (SSSR count). The molecule has 1 saturated carbocycles. The van der Waals surface area contributed by atoms with E-state index in [1.54, 1.807) is 0 Å². The number of carbonyl (C=O) groups is 2. The van der Waals surface area contributed by atoms with Crippen molar-refractivity contribution in [3.63, 3.8) is 0 Å². The van der Waals surface area contributed by atoms with Crippen LogP contribution in [0.15, 0.2) is 12.0 Å². The fourth-order valence-corrected chi connectivity index (χ4v) is 2.22. The first-order valence-electron chi connectivity index (χ1n) is 6.49. The third-order valence-corrected chi connectivity index (χ3v) is 3.23. The number of nitriles is 1. The Morgan fingerprint density at radius 1 is 1.40 bits per heavy atom. The van der Waals surface area contributed by atoms with E-state index in [0.29, 0.717) is 19.4 Å². The van der Waals surface area contributed by atoms with Crippen molar-refractivity contribution in [1.29, 1.82) is 5.26 Å². The summed E-state index contributed by atoms with van der Waals surface area (Å²) in [7, 11) is 0. The van der Waals surface area contributed by atoms with Gasteiger partial charge >= 0.3 is 5.97 Å². The van der Waals surface area contributed by atoms with Crippen LogP contribution < -0.4 is 5.32 Å². The predicted molar refractivity (Wildman–Crippen MR) is 65.9 cm³/mol. The van der Waals surface area contributed by atoms with Crippen molar-refractivity contribution in [1.82, 2.24) is 5.32 Å². The van der Waals surface area contributed by atoms with Gasteiger partial charge in [0.05, 0.1) is 6.07 Å². The number of nitrogens with zero attached hydrogens (tertiary/aromatic N) is 1. The maximum atomic E-state index is 11.7. The number of esters is 1. The minimum absolute atomic E-state index is 0.0556. The third-order valence-electron chi connectivity index (χ3n) is 3.23. The van der Waals surface area contributed by atoms with Crippen LogP contribution in [0.2, 0.25) is 0 Å².